The van der Waals surface area contributed by atoms with Crippen molar-refractivity contribution in [3.63, 3.8) is 0 Å². The maximum Gasteiger partial charge on any atom is 0.259 e. The Morgan fingerprint density at radius 3 is 2.63 bits per heavy atom. The number of benzene rings is 1. The lowest BCUT2D eigenvalue weighted by Crippen LogP contribution is -2.55. The minimum atomic E-state index is -4.11. The summed E-state index contributed by atoms with van der Waals surface area (Å²) in [4.78, 5) is 16.3. The van der Waals surface area contributed by atoms with Gasteiger partial charge in [0, 0.05) is 31.5 Å². The van der Waals surface area contributed by atoms with Crippen LogP contribution in [0, 0.1) is 0 Å². The number of nitrogens with zero attached hydrogens (tertiary/aromatic N) is 2. The molecule has 0 spiro atoms. The fraction of sp³-hybridized carbons (Fsp3) is 0.400. The molecule has 1 amide bonds. The summed E-state index contributed by atoms with van der Waals surface area (Å²) in [5.74, 6) is -0.391. The zero-order valence-electron chi connectivity index (χ0n) is 16.8. The van der Waals surface area contributed by atoms with E-state index in [0.29, 0.717) is 5.75 Å². The summed E-state index contributed by atoms with van der Waals surface area (Å²) in [6.07, 6.45) is 3.30. The Morgan fingerprint density at radius 1 is 1.23 bits per heavy atom. The standard InChI is InChI=1S/C20H24FN3O5S/c1-28-16-4-5-17(29-2)18(12-16)30(26,27)24-11-3-8-20(21,14-24)19(25)23-13-15-6-9-22-10-7-15/h4-7,9-10,12H,3,8,11,13-14H2,1-2H3,(H,23,25). The number of carbonyl (C=O) groups is 1. The van der Waals surface area contributed by atoms with Crippen LogP contribution in [0.25, 0.3) is 0 Å². The van der Waals surface area contributed by atoms with E-state index in [2.05, 4.69) is 10.3 Å². The number of piperidine rings is 1. The van der Waals surface area contributed by atoms with Crippen molar-refractivity contribution in [3.8, 4) is 11.5 Å². The van der Waals surface area contributed by atoms with Crippen LogP contribution in [0.15, 0.2) is 47.6 Å². The van der Waals surface area contributed by atoms with Crippen LogP contribution in [-0.2, 0) is 21.4 Å². The number of aromatic nitrogens is 1. The number of amides is 1. The van der Waals surface area contributed by atoms with Gasteiger partial charge in [0.1, 0.15) is 16.4 Å². The smallest absolute Gasteiger partial charge is 0.259 e. The van der Waals surface area contributed by atoms with Crippen molar-refractivity contribution in [1.82, 2.24) is 14.6 Å². The predicted molar refractivity (Wildman–Crippen MR) is 107 cm³/mol. The van der Waals surface area contributed by atoms with E-state index >= 15 is 4.39 Å². The molecule has 3 rings (SSSR count). The third-order valence-corrected chi connectivity index (χ3v) is 6.87. The fourth-order valence-electron chi connectivity index (χ4n) is 3.33. The lowest BCUT2D eigenvalue weighted by molar-refractivity contribution is -0.135. The number of halogens is 1. The van der Waals surface area contributed by atoms with Gasteiger partial charge in [0.2, 0.25) is 15.7 Å². The number of alkyl halides is 1. The van der Waals surface area contributed by atoms with Crippen LogP contribution in [0.1, 0.15) is 18.4 Å². The van der Waals surface area contributed by atoms with Crippen molar-refractivity contribution in [2.45, 2.75) is 30.0 Å². The molecule has 2 heterocycles. The first kappa shape index (κ1) is 22.0. The monoisotopic (exact) mass is 437 g/mol. The number of methoxy groups -OCH3 is 2. The van der Waals surface area contributed by atoms with E-state index in [4.69, 9.17) is 9.47 Å². The molecule has 1 aromatic heterocycles. The predicted octanol–water partition coefficient (Wildman–Crippen LogP) is 1.91. The van der Waals surface area contributed by atoms with Crippen molar-refractivity contribution in [2.24, 2.45) is 0 Å². The minimum Gasteiger partial charge on any atom is -0.497 e. The van der Waals surface area contributed by atoms with E-state index < -0.39 is 28.1 Å². The molecule has 162 valence electrons. The van der Waals surface area contributed by atoms with Crippen LogP contribution in [0.2, 0.25) is 0 Å². The normalized spacial score (nSPS) is 19.8. The number of ether oxygens (including phenoxy) is 2. The Hall–Kier alpha value is -2.72. The van der Waals surface area contributed by atoms with Gasteiger partial charge in [-0.1, -0.05) is 0 Å². The summed E-state index contributed by atoms with van der Waals surface area (Å²) < 4.78 is 53.2. The zero-order chi connectivity index (χ0) is 21.8. The number of hydrogen-bond donors (Lipinski definition) is 1. The molecule has 1 aliphatic rings. The number of sulfonamides is 1. The van der Waals surface area contributed by atoms with Crippen LogP contribution in [-0.4, -0.2) is 56.6 Å². The third-order valence-electron chi connectivity index (χ3n) is 5.01. The highest BCUT2D eigenvalue weighted by atomic mass is 32.2. The second kappa shape index (κ2) is 8.97. The Morgan fingerprint density at radius 2 is 1.97 bits per heavy atom. The molecule has 8 nitrogen and oxygen atoms in total. The minimum absolute atomic E-state index is 0.0591. The van der Waals surface area contributed by atoms with E-state index in [1.54, 1.807) is 30.6 Å². The van der Waals surface area contributed by atoms with E-state index in [-0.39, 0.29) is 36.6 Å². The summed E-state index contributed by atoms with van der Waals surface area (Å²) in [6.45, 7) is -0.340. The number of rotatable bonds is 7. The van der Waals surface area contributed by atoms with Crippen LogP contribution in [0.4, 0.5) is 4.39 Å². The Labute approximate surface area is 175 Å². The highest BCUT2D eigenvalue weighted by Gasteiger charge is 2.46. The maximum absolute atomic E-state index is 15.5. The van der Waals surface area contributed by atoms with E-state index in [9.17, 15) is 13.2 Å². The molecule has 10 heteroatoms. The first-order valence-electron chi connectivity index (χ1n) is 9.38. The summed E-state index contributed by atoms with van der Waals surface area (Å²) in [5.41, 5.74) is -1.56. The van der Waals surface area contributed by atoms with Crippen molar-refractivity contribution >= 4 is 15.9 Å². The molecular weight excluding hydrogens is 413 g/mol. The van der Waals surface area contributed by atoms with Crippen molar-refractivity contribution in [2.75, 3.05) is 27.3 Å². The summed E-state index contributed by atoms with van der Waals surface area (Å²) in [7, 11) is -1.34. The molecule has 1 saturated heterocycles. The van der Waals surface area contributed by atoms with Gasteiger partial charge in [-0.05, 0) is 42.7 Å². The summed E-state index contributed by atoms with van der Waals surface area (Å²) in [5, 5.41) is 2.55. The average Bonchev–Trinajstić information content (AvgIpc) is 2.77. The van der Waals surface area contributed by atoms with E-state index in [1.807, 2.05) is 0 Å². The lowest BCUT2D eigenvalue weighted by atomic mass is 9.95. The Balaban J connectivity index is 1.80. The molecule has 1 N–H and O–H groups in total. The fourth-order valence-corrected chi connectivity index (χ4v) is 5.02. The molecule has 1 atom stereocenters. The topological polar surface area (TPSA) is 97.8 Å². The van der Waals surface area contributed by atoms with Gasteiger partial charge in [0.25, 0.3) is 5.91 Å². The van der Waals surface area contributed by atoms with Crippen molar-refractivity contribution < 1.29 is 27.1 Å². The number of pyridine rings is 1. The van der Waals surface area contributed by atoms with Crippen LogP contribution in [0.5, 0.6) is 11.5 Å². The Kier molecular flexibility index (Phi) is 6.57. The maximum atomic E-state index is 15.5. The SMILES string of the molecule is COc1ccc(OC)c(S(=O)(=O)N2CCCC(F)(C(=O)NCc3ccncc3)C2)c1. The molecule has 1 fully saturated rings. The van der Waals surface area contributed by atoms with Crippen molar-refractivity contribution in [3.05, 3.63) is 48.3 Å². The second-order valence-electron chi connectivity index (χ2n) is 6.96. The lowest BCUT2D eigenvalue weighted by Gasteiger charge is -2.35. The summed E-state index contributed by atoms with van der Waals surface area (Å²) >= 11 is 0. The largest absolute Gasteiger partial charge is 0.497 e. The van der Waals surface area contributed by atoms with Gasteiger partial charge in [-0.25, -0.2) is 12.8 Å². The van der Waals surface area contributed by atoms with Gasteiger partial charge in [-0.2, -0.15) is 4.31 Å². The molecule has 30 heavy (non-hydrogen) atoms. The highest BCUT2D eigenvalue weighted by Crippen LogP contribution is 2.34. The Bertz CT molecular complexity index is 1000. The van der Waals surface area contributed by atoms with Crippen LogP contribution >= 0.6 is 0 Å². The number of hydrogen-bond acceptors (Lipinski definition) is 6. The van der Waals surface area contributed by atoms with Crippen LogP contribution in [0.3, 0.4) is 0 Å². The number of nitrogens with one attached hydrogen (secondary N) is 1. The summed E-state index contributed by atoms with van der Waals surface area (Å²) in [6, 6.07) is 7.78. The van der Waals surface area contributed by atoms with Gasteiger partial charge < -0.3 is 14.8 Å². The van der Waals surface area contributed by atoms with Gasteiger partial charge in [-0.3, -0.25) is 9.78 Å². The third kappa shape index (κ3) is 4.54. The van der Waals surface area contributed by atoms with E-state index in [1.165, 1.54) is 26.4 Å². The van der Waals surface area contributed by atoms with Crippen molar-refractivity contribution in [1.29, 1.82) is 0 Å². The molecule has 0 radical (unpaired) electrons. The molecule has 0 aliphatic carbocycles. The molecule has 0 saturated carbocycles. The zero-order valence-corrected chi connectivity index (χ0v) is 17.6. The molecule has 1 aromatic carbocycles. The second-order valence-corrected chi connectivity index (χ2v) is 8.87. The molecule has 1 aliphatic heterocycles. The quantitative estimate of drug-likeness (QED) is 0.711. The number of carbonyl (C=O) groups excluding carboxylic acids is 1. The molecule has 0 bridgehead atoms. The van der Waals surface area contributed by atoms with Gasteiger partial charge in [-0.15, -0.1) is 0 Å². The molecule has 1 unspecified atom stereocenters. The van der Waals surface area contributed by atoms with Gasteiger partial charge in [0.05, 0.1) is 20.8 Å². The highest BCUT2D eigenvalue weighted by molar-refractivity contribution is 7.89. The molecule has 2 aromatic rings. The van der Waals surface area contributed by atoms with Crippen LogP contribution < -0.4 is 14.8 Å². The molecular formula is C20H24FN3O5S. The first-order valence-corrected chi connectivity index (χ1v) is 10.8. The van der Waals surface area contributed by atoms with E-state index in [0.717, 1.165) is 9.87 Å². The average molecular weight is 437 g/mol. The van der Waals surface area contributed by atoms with Gasteiger partial charge >= 0.3 is 0 Å². The van der Waals surface area contributed by atoms with Gasteiger partial charge in [0.15, 0.2) is 0 Å². The first-order chi connectivity index (χ1) is 14.3.